The van der Waals surface area contributed by atoms with Gasteiger partial charge >= 0.3 is 0 Å². The smallest absolute Gasteiger partial charge is 0.196 e. The van der Waals surface area contributed by atoms with E-state index in [2.05, 4.69) is 10.4 Å². The molecule has 0 aliphatic carbocycles. The fourth-order valence-corrected chi connectivity index (χ4v) is 2.25. The SMILES string of the molecule is CCn1cc(C(=O)c2ccc3c(c2)NCC3)cn1. The number of anilines is 1. The van der Waals surface area contributed by atoms with Gasteiger partial charge in [-0.2, -0.15) is 5.10 Å². The van der Waals surface area contributed by atoms with Gasteiger partial charge in [0.25, 0.3) is 0 Å². The molecule has 4 nitrogen and oxygen atoms in total. The van der Waals surface area contributed by atoms with Crippen LogP contribution in [0.1, 0.15) is 28.4 Å². The topological polar surface area (TPSA) is 46.9 Å². The van der Waals surface area contributed by atoms with Gasteiger partial charge in [0.15, 0.2) is 5.78 Å². The number of rotatable bonds is 3. The molecule has 2 aromatic rings. The molecule has 92 valence electrons. The second-order valence-electron chi connectivity index (χ2n) is 4.46. The van der Waals surface area contributed by atoms with Crippen LogP contribution in [0.15, 0.2) is 30.6 Å². The Morgan fingerprint density at radius 3 is 3.11 bits per heavy atom. The van der Waals surface area contributed by atoms with Crippen molar-refractivity contribution in [2.24, 2.45) is 0 Å². The number of fused-ring (bicyclic) bond motifs is 1. The summed E-state index contributed by atoms with van der Waals surface area (Å²) in [6, 6.07) is 5.87. The Labute approximate surface area is 106 Å². The summed E-state index contributed by atoms with van der Waals surface area (Å²) in [6.07, 6.45) is 4.47. The van der Waals surface area contributed by atoms with Crippen molar-refractivity contribution < 1.29 is 4.79 Å². The quantitative estimate of drug-likeness (QED) is 0.837. The third-order valence-electron chi connectivity index (χ3n) is 3.30. The fourth-order valence-electron chi connectivity index (χ4n) is 2.25. The van der Waals surface area contributed by atoms with Crippen LogP contribution in [0.3, 0.4) is 0 Å². The summed E-state index contributed by atoms with van der Waals surface area (Å²) in [7, 11) is 0. The maximum absolute atomic E-state index is 12.3. The minimum absolute atomic E-state index is 0.0335. The predicted molar refractivity (Wildman–Crippen MR) is 70.0 cm³/mol. The molecular formula is C14H15N3O. The highest BCUT2D eigenvalue weighted by Crippen LogP contribution is 2.24. The fraction of sp³-hybridized carbons (Fsp3) is 0.286. The van der Waals surface area contributed by atoms with Crippen molar-refractivity contribution in [3.05, 3.63) is 47.3 Å². The van der Waals surface area contributed by atoms with Crippen molar-refractivity contribution in [3.8, 4) is 0 Å². The lowest BCUT2D eigenvalue weighted by Gasteiger charge is -2.03. The maximum Gasteiger partial charge on any atom is 0.196 e. The predicted octanol–water partition coefficient (Wildman–Crippen LogP) is 2.10. The van der Waals surface area contributed by atoms with E-state index in [4.69, 9.17) is 0 Å². The molecule has 0 atom stereocenters. The number of hydrogen-bond donors (Lipinski definition) is 1. The van der Waals surface area contributed by atoms with Gasteiger partial charge in [0, 0.05) is 30.5 Å². The lowest BCUT2D eigenvalue weighted by atomic mass is 10.0. The molecule has 1 aromatic carbocycles. The molecule has 1 N–H and O–H groups in total. The Kier molecular flexibility index (Phi) is 2.63. The third-order valence-corrected chi connectivity index (χ3v) is 3.30. The lowest BCUT2D eigenvalue weighted by molar-refractivity contribution is 0.103. The highest BCUT2D eigenvalue weighted by molar-refractivity contribution is 6.09. The van der Waals surface area contributed by atoms with Crippen LogP contribution < -0.4 is 5.32 Å². The van der Waals surface area contributed by atoms with E-state index in [0.29, 0.717) is 5.56 Å². The summed E-state index contributed by atoms with van der Waals surface area (Å²) in [4.78, 5) is 12.3. The molecule has 0 saturated carbocycles. The Bertz CT molecular complexity index is 601. The van der Waals surface area contributed by atoms with Crippen LogP contribution in [0.4, 0.5) is 5.69 Å². The van der Waals surface area contributed by atoms with Gasteiger partial charge in [-0.05, 0) is 25.0 Å². The van der Waals surface area contributed by atoms with Crippen LogP contribution in [0.5, 0.6) is 0 Å². The zero-order chi connectivity index (χ0) is 12.5. The highest BCUT2D eigenvalue weighted by atomic mass is 16.1. The molecule has 1 aliphatic heterocycles. The first-order valence-corrected chi connectivity index (χ1v) is 6.22. The van der Waals surface area contributed by atoms with Crippen LogP contribution >= 0.6 is 0 Å². The number of nitrogens with one attached hydrogen (secondary N) is 1. The van der Waals surface area contributed by atoms with Gasteiger partial charge in [-0.1, -0.05) is 12.1 Å². The second kappa shape index (κ2) is 4.29. The first-order chi connectivity index (χ1) is 8.78. The van der Waals surface area contributed by atoms with Crippen molar-refractivity contribution in [1.29, 1.82) is 0 Å². The van der Waals surface area contributed by atoms with Crippen LogP contribution in [0.2, 0.25) is 0 Å². The van der Waals surface area contributed by atoms with Crippen LogP contribution in [0.25, 0.3) is 0 Å². The van der Waals surface area contributed by atoms with Gasteiger partial charge in [-0.15, -0.1) is 0 Å². The van der Waals surface area contributed by atoms with E-state index in [1.54, 1.807) is 17.1 Å². The number of aryl methyl sites for hydroxylation is 1. The van der Waals surface area contributed by atoms with E-state index in [1.165, 1.54) is 5.56 Å². The Morgan fingerprint density at radius 1 is 1.44 bits per heavy atom. The van der Waals surface area contributed by atoms with Crippen molar-refractivity contribution in [1.82, 2.24) is 9.78 Å². The van der Waals surface area contributed by atoms with Crippen LogP contribution in [-0.4, -0.2) is 22.1 Å². The number of benzene rings is 1. The average molecular weight is 241 g/mol. The Morgan fingerprint density at radius 2 is 2.33 bits per heavy atom. The largest absolute Gasteiger partial charge is 0.384 e. The van der Waals surface area contributed by atoms with E-state index in [0.717, 1.165) is 30.8 Å². The molecule has 0 bridgehead atoms. The Hall–Kier alpha value is -2.10. The standard InChI is InChI=1S/C14H15N3O/c1-2-17-9-12(8-16-17)14(18)11-4-3-10-5-6-15-13(10)7-11/h3-4,7-9,15H,2,5-6H2,1H3. The number of hydrogen-bond acceptors (Lipinski definition) is 3. The molecule has 0 unspecified atom stereocenters. The van der Waals surface area contributed by atoms with Gasteiger partial charge in [0.1, 0.15) is 0 Å². The number of aromatic nitrogens is 2. The molecule has 18 heavy (non-hydrogen) atoms. The van der Waals surface area contributed by atoms with Gasteiger partial charge in [-0.25, -0.2) is 0 Å². The number of ketones is 1. The zero-order valence-corrected chi connectivity index (χ0v) is 10.3. The van der Waals surface area contributed by atoms with Crippen molar-refractivity contribution in [2.75, 3.05) is 11.9 Å². The molecule has 0 amide bonds. The molecule has 2 heterocycles. The van der Waals surface area contributed by atoms with Gasteiger partial charge < -0.3 is 5.32 Å². The molecule has 0 radical (unpaired) electrons. The minimum Gasteiger partial charge on any atom is -0.384 e. The van der Waals surface area contributed by atoms with E-state index in [1.807, 2.05) is 25.1 Å². The van der Waals surface area contributed by atoms with E-state index >= 15 is 0 Å². The lowest BCUT2D eigenvalue weighted by Crippen LogP contribution is -2.01. The summed E-state index contributed by atoms with van der Waals surface area (Å²) in [5.74, 6) is 0.0335. The van der Waals surface area contributed by atoms with Gasteiger partial charge in [0.05, 0.1) is 11.8 Å². The highest BCUT2D eigenvalue weighted by Gasteiger charge is 2.15. The van der Waals surface area contributed by atoms with Gasteiger partial charge in [0.2, 0.25) is 0 Å². The van der Waals surface area contributed by atoms with E-state index in [9.17, 15) is 4.79 Å². The number of carbonyl (C=O) groups excluding carboxylic acids is 1. The van der Waals surface area contributed by atoms with Crippen molar-refractivity contribution in [2.45, 2.75) is 19.9 Å². The molecule has 1 aromatic heterocycles. The van der Waals surface area contributed by atoms with Crippen LogP contribution in [0, 0.1) is 0 Å². The molecule has 0 fully saturated rings. The normalized spacial score (nSPS) is 13.2. The van der Waals surface area contributed by atoms with Crippen LogP contribution in [-0.2, 0) is 13.0 Å². The molecule has 0 saturated heterocycles. The number of carbonyl (C=O) groups is 1. The second-order valence-corrected chi connectivity index (χ2v) is 4.46. The molecule has 3 rings (SSSR count). The Balaban J connectivity index is 1.92. The molecule has 4 heteroatoms. The maximum atomic E-state index is 12.3. The molecule has 0 spiro atoms. The summed E-state index contributed by atoms with van der Waals surface area (Å²) < 4.78 is 1.76. The summed E-state index contributed by atoms with van der Waals surface area (Å²) in [5.41, 5.74) is 3.74. The zero-order valence-electron chi connectivity index (χ0n) is 10.3. The minimum atomic E-state index is 0.0335. The first kappa shape index (κ1) is 11.0. The summed E-state index contributed by atoms with van der Waals surface area (Å²) >= 11 is 0. The molecule has 1 aliphatic rings. The monoisotopic (exact) mass is 241 g/mol. The summed E-state index contributed by atoms with van der Waals surface area (Å²) in [6.45, 7) is 3.74. The van der Waals surface area contributed by atoms with E-state index < -0.39 is 0 Å². The van der Waals surface area contributed by atoms with Crippen molar-refractivity contribution in [3.63, 3.8) is 0 Å². The number of nitrogens with zero attached hydrogens (tertiary/aromatic N) is 2. The van der Waals surface area contributed by atoms with Crippen molar-refractivity contribution >= 4 is 11.5 Å². The third kappa shape index (κ3) is 1.79. The van der Waals surface area contributed by atoms with E-state index in [-0.39, 0.29) is 5.78 Å². The molecular weight excluding hydrogens is 226 g/mol. The summed E-state index contributed by atoms with van der Waals surface area (Å²) in [5, 5.41) is 7.42. The van der Waals surface area contributed by atoms with Gasteiger partial charge in [-0.3, -0.25) is 9.48 Å². The first-order valence-electron chi connectivity index (χ1n) is 6.22. The average Bonchev–Trinajstić information content (AvgIpc) is 3.05.